The van der Waals surface area contributed by atoms with Crippen LogP contribution in [0.2, 0.25) is 0 Å². The van der Waals surface area contributed by atoms with Crippen molar-refractivity contribution in [2.75, 3.05) is 26.2 Å². The highest BCUT2D eigenvalue weighted by Crippen LogP contribution is 2.31. The molecule has 2 aromatic heterocycles. The summed E-state index contributed by atoms with van der Waals surface area (Å²) in [5.74, 6) is 1.28. The number of hydrogen-bond acceptors (Lipinski definition) is 6. The van der Waals surface area contributed by atoms with E-state index in [1.165, 1.54) is 12.8 Å². The molecule has 154 valence electrons. The van der Waals surface area contributed by atoms with E-state index in [0.29, 0.717) is 18.1 Å². The minimum absolute atomic E-state index is 0.0390. The predicted octanol–water partition coefficient (Wildman–Crippen LogP) is 3.95. The second kappa shape index (κ2) is 8.37. The fraction of sp³-hybridized carbons (Fsp3) is 0.500. The van der Waals surface area contributed by atoms with E-state index in [4.69, 9.17) is 8.94 Å². The van der Waals surface area contributed by atoms with Crippen LogP contribution in [0.15, 0.2) is 27.1 Å². The fourth-order valence-electron chi connectivity index (χ4n) is 3.82. The number of nitrogens with zero attached hydrogens (tertiary/aromatic N) is 3. The summed E-state index contributed by atoms with van der Waals surface area (Å²) in [5.41, 5.74) is 2.86. The summed E-state index contributed by atoms with van der Waals surface area (Å²) in [6, 6.07) is 5.99. The van der Waals surface area contributed by atoms with Gasteiger partial charge in [-0.2, -0.15) is 4.98 Å². The number of aryl methyl sites for hydroxylation is 2. The first-order valence-electron chi connectivity index (χ1n) is 10.4. The maximum absolute atomic E-state index is 12.3. The lowest BCUT2D eigenvalue weighted by molar-refractivity contribution is 0.0907. The molecular weight excluding hydrogens is 368 g/mol. The number of hydrogen-bond donors (Lipinski definition) is 1. The van der Waals surface area contributed by atoms with Crippen LogP contribution in [0, 0.1) is 19.8 Å². The van der Waals surface area contributed by atoms with E-state index >= 15 is 0 Å². The zero-order valence-electron chi connectivity index (χ0n) is 17.3. The Labute approximate surface area is 170 Å². The molecule has 0 atom stereocenters. The molecule has 1 fully saturated rings. The molecule has 29 heavy (non-hydrogen) atoms. The van der Waals surface area contributed by atoms with Crippen LogP contribution in [0.1, 0.15) is 48.0 Å². The lowest BCUT2D eigenvalue weighted by Gasteiger charge is -2.30. The molecule has 1 aromatic carbocycles. The van der Waals surface area contributed by atoms with E-state index < -0.39 is 0 Å². The number of fused-ring (bicyclic) bond motifs is 1. The van der Waals surface area contributed by atoms with Gasteiger partial charge in [0.15, 0.2) is 5.76 Å². The third kappa shape index (κ3) is 4.34. The summed E-state index contributed by atoms with van der Waals surface area (Å²) >= 11 is 0. The Bertz CT molecular complexity index is 999. The first-order chi connectivity index (χ1) is 14.0. The van der Waals surface area contributed by atoms with Crippen LogP contribution in [0.25, 0.3) is 22.6 Å². The van der Waals surface area contributed by atoms with Crippen LogP contribution in [0.5, 0.6) is 0 Å². The summed E-state index contributed by atoms with van der Waals surface area (Å²) < 4.78 is 11.1. The maximum atomic E-state index is 12.3. The number of nitrogens with one attached hydrogen (secondary N) is 1. The maximum Gasteiger partial charge on any atom is 0.316 e. The van der Waals surface area contributed by atoms with Gasteiger partial charge in [0.25, 0.3) is 0 Å². The smallest absolute Gasteiger partial charge is 0.316 e. The van der Waals surface area contributed by atoms with Crippen molar-refractivity contribution in [3.8, 4) is 11.6 Å². The molecule has 0 bridgehead atoms. The summed E-state index contributed by atoms with van der Waals surface area (Å²) in [4.78, 5) is 19.0. The number of furan rings is 1. The van der Waals surface area contributed by atoms with E-state index in [0.717, 1.165) is 54.1 Å². The zero-order chi connectivity index (χ0) is 20.4. The molecule has 0 radical (unpaired) electrons. The van der Waals surface area contributed by atoms with Crippen molar-refractivity contribution in [2.24, 2.45) is 5.92 Å². The standard InChI is InChI=1S/C22H28N4O3/c1-14-7-11-26(12-8-14)10-4-9-23-21(27)22-24-20(25-29-22)19-16(3)17-13-15(2)5-6-18(17)28-19/h5-6,13-14H,4,7-12H2,1-3H3,(H,23,27). The van der Waals surface area contributed by atoms with Crippen molar-refractivity contribution in [3.05, 3.63) is 35.2 Å². The predicted molar refractivity (Wildman–Crippen MR) is 111 cm³/mol. The molecule has 1 amide bonds. The lowest BCUT2D eigenvalue weighted by Crippen LogP contribution is -2.35. The number of rotatable bonds is 6. The third-order valence-corrected chi connectivity index (χ3v) is 5.73. The van der Waals surface area contributed by atoms with Crippen LogP contribution in [-0.2, 0) is 0 Å². The first-order valence-corrected chi connectivity index (χ1v) is 10.4. The van der Waals surface area contributed by atoms with Crippen LogP contribution < -0.4 is 5.32 Å². The third-order valence-electron chi connectivity index (χ3n) is 5.73. The van der Waals surface area contributed by atoms with Gasteiger partial charge in [0.05, 0.1) is 0 Å². The number of aromatic nitrogens is 2. The van der Waals surface area contributed by atoms with E-state index in [9.17, 15) is 4.79 Å². The summed E-state index contributed by atoms with van der Waals surface area (Å²) in [7, 11) is 0. The van der Waals surface area contributed by atoms with Crippen molar-refractivity contribution in [2.45, 2.75) is 40.0 Å². The van der Waals surface area contributed by atoms with Gasteiger partial charge in [-0.15, -0.1) is 0 Å². The molecule has 1 N–H and O–H groups in total. The molecule has 1 aliphatic heterocycles. The Morgan fingerprint density at radius 1 is 1.28 bits per heavy atom. The topological polar surface area (TPSA) is 84.4 Å². The lowest BCUT2D eigenvalue weighted by atomic mass is 9.99. The second-order valence-corrected chi connectivity index (χ2v) is 8.11. The van der Waals surface area contributed by atoms with E-state index in [1.54, 1.807) is 0 Å². The molecule has 1 aliphatic rings. The van der Waals surface area contributed by atoms with Gasteiger partial charge in [0.1, 0.15) is 5.58 Å². The molecule has 4 rings (SSSR count). The van der Waals surface area contributed by atoms with Gasteiger partial charge in [-0.25, -0.2) is 0 Å². The number of likely N-dealkylation sites (tertiary alicyclic amines) is 1. The average Bonchev–Trinajstić information content (AvgIpc) is 3.32. The van der Waals surface area contributed by atoms with Crippen molar-refractivity contribution in [3.63, 3.8) is 0 Å². The summed E-state index contributed by atoms with van der Waals surface area (Å²) in [6.45, 7) is 10.2. The highest BCUT2D eigenvalue weighted by Gasteiger charge is 2.21. The Hall–Kier alpha value is -2.67. The van der Waals surface area contributed by atoms with Crippen LogP contribution in [-0.4, -0.2) is 47.1 Å². The largest absolute Gasteiger partial charge is 0.452 e. The van der Waals surface area contributed by atoms with Gasteiger partial charge < -0.3 is 19.2 Å². The monoisotopic (exact) mass is 396 g/mol. The molecule has 3 heterocycles. The minimum atomic E-state index is -0.347. The van der Waals surface area contributed by atoms with Crippen molar-refractivity contribution in [1.82, 2.24) is 20.4 Å². The minimum Gasteiger partial charge on any atom is -0.452 e. The molecular formula is C22H28N4O3. The molecule has 3 aromatic rings. The molecule has 7 heteroatoms. The number of piperidine rings is 1. The Morgan fingerprint density at radius 2 is 2.07 bits per heavy atom. The van der Waals surface area contributed by atoms with Crippen molar-refractivity contribution >= 4 is 16.9 Å². The number of benzene rings is 1. The normalized spacial score (nSPS) is 15.8. The molecule has 0 aliphatic carbocycles. The highest BCUT2D eigenvalue weighted by molar-refractivity contribution is 5.90. The van der Waals surface area contributed by atoms with Gasteiger partial charge in [-0.3, -0.25) is 4.79 Å². The Morgan fingerprint density at radius 3 is 2.86 bits per heavy atom. The Balaban J connectivity index is 1.34. The van der Waals surface area contributed by atoms with Crippen molar-refractivity contribution < 1.29 is 13.7 Å². The molecule has 0 spiro atoms. The van der Waals surface area contributed by atoms with Crippen LogP contribution >= 0.6 is 0 Å². The number of amides is 1. The summed E-state index contributed by atoms with van der Waals surface area (Å²) in [6.07, 6.45) is 3.43. The van der Waals surface area contributed by atoms with Gasteiger partial charge in [-0.05, 0) is 70.8 Å². The second-order valence-electron chi connectivity index (χ2n) is 8.11. The molecule has 0 saturated carbocycles. The molecule has 0 unspecified atom stereocenters. The van der Waals surface area contributed by atoms with Gasteiger partial charge in [0, 0.05) is 17.5 Å². The summed E-state index contributed by atoms with van der Waals surface area (Å²) in [5, 5.41) is 7.83. The highest BCUT2D eigenvalue weighted by atomic mass is 16.5. The SMILES string of the molecule is Cc1ccc2oc(-c3noc(C(=O)NCCCN4CCC(C)CC4)n3)c(C)c2c1. The van der Waals surface area contributed by atoms with Crippen LogP contribution in [0.4, 0.5) is 0 Å². The first kappa shape index (κ1) is 19.6. The zero-order valence-corrected chi connectivity index (χ0v) is 17.3. The van der Waals surface area contributed by atoms with Gasteiger partial charge in [0.2, 0.25) is 5.82 Å². The average molecular weight is 396 g/mol. The van der Waals surface area contributed by atoms with Gasteiger partial charge >= 0.3 is 11.8 Å². The number of carbonyl (C=O) groups excluding carboxylic acids is 1. The fourth-order valence-corrected chi connectivity index (χ4v) is 3.82. The van der Waals surface area contributed by atoms with E-state index in [2.05, 4.69) is 33.3 Å². The van der Waals surface area contributed by atoms with Crippen LogP contribution in [0.3, 0.4) is 0 Å². The van der Waals surface area contributed by atoms with Crippen molar-refractivity contribution in [1.29, 1.82) is 0 Å². The molecule has 7 nitrogen and oxygen atoms in total. The van der Waals surface area contributed by atoms with E-state index in [1.807, 2.05) is 26.0 Å². The quantitative estimate of drug-likeness (QED) is 0.635. The Kier molecular flexibility index (Phi) is 5.67. The van der Waals surface area contributed by atoms with E-state index in [-0.39, 0.29) is 11.8 Å². The molecule has 1 saturated heterocycles. The van der Waals surface area contributed by atoms with Gasteiger partial charge in [-0.1, -0.05) is 23.7 Å². The number of carbonyl (C=O) groups is 1.